The average molecular weight is 715 g/mol. The standard InChI is InChI=1S/C38H40F2N6O6/c1-23(2)45-22-29(35(48)46(36(45)49)27-12-9-25(39)10-13-27)34(47)43-26-11-14-32(30(40)21-26)51-31-15-18-42-33(41)28(31)8-6-7-24-16-19-44(20-17-24)37(50)52-38(3,4)5/h9-15,18,21-24H,7,16-17,19-20H2,1-5H3,(H2,41,42)(H,43,47). The molecule has 2 aromatic carbocycles. The molecule has 1 aliphatic heterocycles. The van der Waals surface area contributed by atoms with Crippen LogP contribution in [-0.2, 0) is 4.74 Å². The molecule has 272 valence electrons. The number of hydrogen-bond donors (Lipinski definition) is 2. The Morgan fingerprint density at radius 1 is 1.04 bits per heavy atom. The van der Waals surface area contributed by atoms with E-state index >= 15 is 4.39 Å². The number of halogens is 2. The molecule has 0 bridgehead atoms. The van der Waals surface area contributed by atoms with Crippen molar-refractivity contribution in [1.29, 1.82) is 0 Å². The monoisotopic (exact) mass is 714 g/mol. The van der Waals surface area contributed by atoms with Crippen molar-refractivity contribution in [3.8, 4) is 29.0 Å². The Morgan fingerprint density at radius 3 is 2.37 bits per heavy atom. The van der Waals surface area contributed by atoms with Gasteiger partial charge in [0, 0.05) is 55.8 Å². The number of ether oxygens (including phenoxy) is 2. The predicted molar refractivity (Wildman–Crippen MR) is 192 cm³/mol. The van der Waals surface area contributed by atoms with Gasteiger partial charge in [0.05, 0.1) is 5.69 Å². The molecule has 0 saturated carbocycles. The first-order valence-corrected chi connectivity index (χ1v) is 16.8. The summed E-state index contributed by atoms with van der Waals surface area (Å²) >= 11 is 0. The molecule has 14 heteroatoms. The minimum absolute atomic E-state index is 0.0110. The molecule has 0 radical (unpaired) electrons. The first-order valence-electron chi connectivity index (χ1n) is 16.8. The molecule has 3 N–H and O–H groups in total. The number of nitrogen functional groups attached to an aromatic ring is 1. The molecule has 0 unspecified atom stereocenters. The van der Waals surface area contributed by atoms with Crippen LogP contribution >= 0.6 is 0 Å². The number of rotatable bonds is 7. The normalized spacial score (nSPS) is 13.3. The van der Waals surface area contributed by atoms with Crippen LogP contribution in [-0.4, -0.2) is 49.7 Å². The summed E-state index contributed by atoms with van der Waals surface area (Å²) in [5.41, 5.74) is 3.90. The van der Waals surface area contributed by atoms with Crippen molar-refractivity contribution in [2.75, 3.05) is 24.1 Å². The summed E-state index contributed by atoms with van der Waals surface area (Å²) in [7, 11) is 0. The van der Waals surface area contributed by atoms with E-state index in [2.05, 4.69) is 22.1 Å². The lowest BCUT2D eigenvalue weighted by molar-refractivity contribution is 0.0185. The molecule has 0 spiro atoms. The fourth-order valence-electron chi connectivity index (χ4n) is 5.49. The number of benzene rings is 2. The van der Waals surface area contributed by atoms with Gasteiger partial charge in [0.25, 0.3) is 11.5 Å². The van der Waals surface area contributed by atoms with Crippen molar-refractivity contribution < 1.29 is 27.8 Å². The molecule has 0 atom stereocenters. The van der Waals surface area contributed by atoms with Crippen LogP contribution in [0.25, 0.3) is 5.69 Å². The summed E-state index contributed by atoms with van der Waals surface area (Å²) in [6.45, 7) is 10.0. The Labute approximate surface area is 299 Å². The fourth-order valence-corrected chi connectivity index (χ4v) is 5.49. The van der Waals surface area contributed by atoms with E-state index in [1.165, 1.54) is 41.1 Å². The highest BCUT2D eigenvalue weighted by molar-refractivity contribution is 6.03. The Morgan fingerprint density at radius 2 is 1.73 bits per heavy atom. The van der Waals surface area contributed by atoms with Gasteiger partial charge in [0.2, 0.25) is 0 Å². The highest BCUT2D eigenvalue weighted by atomic mass is 19.1. The molecule has 0 aliphatic carbocycles. The summed E-state index contributed by atoms with van der Waals surface area (Å²) in [4.78, 5) is 58.0. The van der Waals surface area contributed by atoms with E-state index in [1.54, 1.807) is 18.7 Å². The Hall–Kier alpha value is -5.97. The fraction of sp³-hybridized carbons (Fsp3) is 0.342. The highest BCUT2D eigenvalue weighted by Gasteiger charge is 2.27. The lowest BCUT2D eigenvalue weighted by atomic mass is 9.94. The largest absolute Gasteiger partial charge is 0.453 e. The summed E-state index contributed by atoms with van der Waals surface area (Å²) in [5, 5.41) is 2.50. The maximum Gasteiger partial charge on any atom is 0.410 e. The van der Waals surface area contributed by atoms with E-state index in [0.717, 1.165) is 41.8 Å². The molecule has 1 fully saturated rings. The van der Waals surface area contributed by atoms with Crippen molar-refractivity contribution in [3.05, 3.63) is 105 Å². The van der Waals surface area contributed by atoms with Gasteiger partial charge in [-0.25, -0.2) is 27.9 Å². The zero-order chi connectivity index (χ0) is 37.7. The Bertz CT molecular complexity index is 2150. The Kier molecular flexibility index (Phi) is 11.1. The smallest absolute Gasteiger partial charge is 0.410 e. The van der Waals surface area contributed by atoms with Crippen LogP contribution in [0.1, 0.15) is 75.8 Å². The van der Waals surface area contributed by atoms with Crippen LogP contribution in [0.2, 0.25) is 0 Å². The van der Waals surface area contributed by atoms with Crippen molar-refractivity contribution in [2.24, 2.45) is 5.92 Å². The molecule has 2 amide bonds. The number of pyridine rings is 1. The Balaban J connectivity index is 1.29. The molecule has 3 heterocycles. The zero-order valence-electron chi connectivity index (χ0n) is 29.5. The van der Waals surface area contributed by atoms with Gasteiger partial charge in [-0.05, 0) is 89.8 Å². The second kappa shape index (κ2) is 15.5. The maximum atomic E-state index is 15.4. The first kappa shape index (κ1) is 37.3. The van der Waals surface area contributed by atoms with E-state index in [1.807, 2.05) is 20.8 Å². The third-order valence-corrected chi connectivity index (χ3v) is 8.22. The average Bonchev–Trinajstić information content (AvgIpc) is 3.07. The number of carbonyl (C=O) groups excluding carboxylic acids is 2. The van der Waals surface area contributed by atoms with Gasteiger partial charge in [-0.3, -0.25) is 14.2 Å². The SMILES string of the molecule is CC(C)n1cc(C(=O)Nc2ccc(Oc3ccnc(N)c3C#CCC3CCN(C(=O)OC(C)(C)C)CC3)c(F)c2)c(=O)n(-c2ccc(F)cc2)c1=O. The third kappa shape index (κ3) is 8.84. The van der Waals surface area contributed by atoms with E-state index in [9.17, 15) is 23.6 Å². The number of hydrogen-bond acceptors (Lipinski definition) is 8. The lowest BCUT2D eigenvalue weighted by Gasteiger charge is -2.32. The van der Waals surface area contributed by atoms with Gasteiger partial charge in [-0.2, -0.15) is 0 Å². The third-order valence-electron chi connectivity index (χ3n) is 8.22. The quantitative estimate of drug-likeness (QED) is 0.213. The van der Waals surface area contributed by atoms with Gasteiger partial charge in [-0.1, -0.05) is 11.8 Å². The van der Waals surface area contributed by atoms with E-state index in [4.69, 9.17) is 15.2 Å². The van der Waals surface area contributed by atoms with Gasteiger partial charge in [0.15, 0.2) is 11.6 Å². The van der Waals surface area contributed by atoms with Crippen LogP contribution in [0.15, 0.2) is 70.5 Å². The van der Waals surface area contributed by atoms with E-state index < -0.39 is 40.4 Å². The second-order valence-corrected chi connectivity index (χ2v) is 13.6. The van der Waals surface area contributed by atoms with Gasteiger partial charge >= 0.3 is 11.8 Å². The number of likely N-dealkylation sites (tertiary alicyclic amines) is 1. The number of aromatic nitrogens is 3. The van der Waals surface area contributed by atoms with E-state index in [0.29, 0.717) is 19.5 Å². The minimum atomic E-state index is -0.929. The number of nitrogens with two attached hydrogens (primary N) is 1. The van der Waals surface area contributed by atoms with Crippen molar-refractivity contribution in [1.82, 2.24) is 19.0 Å². The van der Waals surface area contributed by atoms with Crippen molar-refractivity contribution in [2.45, 2.75) is 65.5 Å². The summed E-state index contributed by atoms with van der Waals surface area (Å²) in [5.74, 6) is 4.19. The number of nitrogens with zero attached hydrogens (tertiary/aromatic N) is 4. The van der Waals surface area contributed by atoms with Gasteiger partial charge < -0.3 is 25.4 Å². The highest BCUT2D eigenvalue weighted by Crippen LogP contribution is 2.31. The predicted octanol–water partition coefficient (Wildman–Crippen LogP) is 6.27. The molecule has 2 aromatic heterocycles. The molecule has 1 aliphatic rings. The van der Waals surface area contributed by atoms with Crippen molar-refractivity contribution in [3.63, 3.8) is 0 Å². The molecule has 5 rings (SSSR count). The van der Waals surface area contributed by atoms with Crippen LogP contribution in [0.3, 0.4) is 0 Å². The first-order chi connectivity index (χ1) is 24.6. The van der Waals surface area contributed by atoms with Crippen molar-refractivity contribution >= 4 is 23.5 Å². The van der Waals surface area contributed by atoms with Crippen LogP contribution in [0.4, 0.5) is 25.1 Å². The van der Waals surface area contributed by atoms with Crippen LogP contribution in [0, 0.1) is 29.4 Å². The molecular weight excluding hydrogens is 674 g/mol. The second-order valence-electron chi connectivity index (χ2n) is 13.6. The molecule has 52 heavy (non-hydrogen) atoms. The number of anilines is 2. The lowest BCUT2D eigenvalue weighted by Crippen LogP contribution is -2.42. The summed E-state index contributed by atoms with van der Waals surface area (Å²) in [6.07, 6.45) is 4.29. The molecule has 12 nitrogen and oxygen atoms in total. The van der Waals surface area contributed by atoms with Gasteiger partial charge in [-0.15, -0.1) is 0 Å². The summed E-state index contributed by atoms with van der Waals surface area (Å²) < 4.78 is 42.2. The van der Waals surface area contributed by atoms with E-state index in [-0.39, 0.29) is 51.8 Å². The molecule has 1 saturated heterocycles. The minimum Gasteiger partial charge on any atom is -0.453 e. The molecule has 4 aromatic rings. The topological polar surface area (TPSA) is 151 Å². The van der Waals surface area contributed by atoms with Gasteiger partial charge in [0.1, 0.15) is 34.1 Å². The number of carbonyl (C=O) groups is 2. The summed E-state index contributed by atoms with van der Waals surface area (Å²) in [6, 6.07) is 9.47. The zero-order valence-corrected chi connectivity index (χ0v) is 29.5. The number of piperidine rings is 1. The van der Waals surface area contributed by atoms with Crippen LogP contribution in [0.5, 0.6) is 11.5 Å². The van der Waals surface area contributed by atoms with Crippen LogP contribution < -0.4 is 27.0 Å². The number of amides is 2. The number of nitrogens with one attached hydrogen (secondary N) is 1. The maximum absolute atomic E-state index is 15.4. The molecular formula is C38H40F2N6O6.